The Morgan fingerprint density at radius 3 is 2.82 bits per heavy atom. The number of hydrogen-bond acceptors (Lipinski definition) is 3. The number of carbonyl (C=O) groups excluding carboxylic acids is 1. The Labute approximate surface area is 106 Å². The van der Waals surface area contributed by atoms with Crippen molar-refractivity contribution in [2.45, 2.75) is 13.3 Å². The number of benzene rings is 1. The molecule has 0 aliphatic carbocycles. The van der Waals surface area contributed by atoms with E-state index in [4.69, 9.17) is 22.1 Å². The van der Waals surface area contributed by atoms with Gasteiger partial charge in [0.05, 0.1) is 13.5 Å². The van der Waals surface area contributed by atoms with Crippen molar-refractivity contribution in [1.82, 2.24) is 5.32 Å². The van der Waals surface area contributed by atoms with E-state index in [9.17, 15) is 4.79 Å². The summed E-state index contributed by atoms with van der Waals surface area (Å²) >= 11 is 5.96. The van der Waals surface area contributed by atoms with Crippen LogP contribution in [0.3, 0.4) is 0 Å². The molecule has 0 fully saturated rings. The number of ether oxygens (including phenoxy) is 1. The molecule has 1 rings (SSSR count). The predicted octanol–water partition coefficient (Wildman–Crippen LogP) is 1.27. The van der Waals surface area contributed by atoms with E-state index in [0.717, 1.165) is 11.1 Å². The van der Waals surface area contributed by atoms with Crippen LogP contribution in [0.2, 0.25) is 5.02 Å². The van der Waals surface area contributed by atoms with Gasteiger partial charge in [-0.3, -0.25) is 4.79 Å². The van der Waals surface area contributed by atoms with Crippen LogP contribution in [-0.4, -0.2) is 26.1 Å². The topological polar surface area (TPSA) is 64.3 Å². The van der Waals surface area contributed by atoms with Crippen LogP contribution in [0.15, 0.2) is 12.1 Å². The summed E-state index contributed by atoms with van der Waals surface area (Å²) in [5, 5.41) is 3.31. The molecule has 0 saturated carbocycles. The molecule has 0 radical (unpaired) electrons. The van der Waals surface area contributed by atoms with Crippen LogP contribution in [-0.2, 0) is 11.2 Å². The van der Waals surface area contributed by atoms with Crippen LogP contribution in [0.4, 0.5) is 0 Å². The predicted molar refractivity (Wildman–Crippen MR) is 68.5 cm³/mol. The average molecular weight is 257 g/mol. The van der Waals surface area contributed by atoms with Crippen molar-refractivity contribution in [1.29, 1.82) is 0 Å². The number of nitrogens with two attached hydrogens (primary N) is 1. The van der Waals surface area contributed by atoms with Gasteiger partial charge in [-0.2, -0.15) is 0 Å². The summed E-state index contributed by atoms with van der Waals surface area (Å²) in [5.41, 5.74) is 7.02. The zero-order valence-electron chi connectivity index (χ0n) is 10.0. The Kier molecular flexibility index (Phi) is 5.25. The highest BCUT2D eigenvalue weighted by molar-refractivity contribution is 6.30. The minimum absolute atomic E-state index is 0.0876. The van der Waals surface area contributed by atoms with E-state index in [1.807, 2.05) is 13.0 Å². The average Bonchev–Trinajstić information content (AvgIpc) is 2.25. The number of hydrogen-bond donors (Lipinski definition) is 2. The van der Waals surface area contributed by atoms with Gasteiger partial charge in [0.15, 0.2) is 0 Å². The zero-order valence-corrected chi connectivity index (χ0v) is 10.8. The summed E-state index contributed by atoms with van der Waals surface area (Å²) in [6.45, 7) is 2.80. The molecule has 0 bridgehead atoms. The van der Waals surface area contributed by atoms with Gasteiger partial charge in [-0.1, -0.05) is 11.6 Å². The Morgan fingerprint density at radius 2 is 2.24 bits per heavy atom. The number of carbonyl (C=O) groups is 1. The van der Waals surface area contributed by atoms with Crippen LogP contribution in [0.25, 0.3) is 0 Å². The first-order valence-corrected chi connectivity index (χ1v) is 5.76. The van der Waals surface area contributed by atoms with E-state index in [1.165, 1.54) is 0 Å². The minimum atomic E-state index is -0.0876. The summed E-state index contributed by atoms with van der Waals surface area (Å²) in [4.78, 5) is 11.6. The largest absolute Gasteiger partial charge is 0.496 e. The lowest BCUT2D eigenvalue weighted by Crippen LogP contribution is -2.30. The third-order valence-corrected chi connectivity index (χ3v) is 2.56. The molecule has 1 amide bonds. The second-order valence-corrected chi connectivity index (χ2v) is 4.17. The summed E-state index contributed by atoms with van der Waals surface area (Å²) in [5.74, 6) is 0.618. The monoisotopic (exact) mass is 256 g/mol. The lowest BCUT2D eigenvalue weighted by molar-refractivity contribution is -0.120. The molecule has 3 N–H and O–H groups in total. The fourth-order valence-corrected chi connectivity index (χ4v) is 1.97. The fourth-order valence-electron chi connectivity index (χ4n) is 1.67. The highest BCUT2D eigenvalue weighted by Crippen LogP contribution is 2.27. The molecule has 0 aliphatic heterocycles. The van der Waals surface area contributed by atoms with Gasteiger partial charge >= 0.3 is 0 Å². The van der Waals surface area contributed by atoms with Gasteiger partial charge in [0.25, 0.3) is 0 Å². The first-order valence-electron chi connectivity index (χ1n) is 5.38. The molecule has 0 aliphatic rings. The number of nitrogens with one attached hydrogen (secondary N) is 1. The molecule has 94 valence electrons. The highest BCUT2D eigenvalue weighted by atomic mass is 35.5. The van der Waals surface area contributed by atoms with Gasteiger partial charge in [-0.25, -0.2) is 0 Å². The SMILES string of the molecule is COc1c(C)cc(Cl)cc1CC(=O)NCCN. The van der Waals surface area contributed by atoms with E-state index >= 15 is 0 Å². The van der Waals surface area contributed by atoms with Gasteiger partial charge in [-0.05, 0) is 24.6 Å². The van der Waals surface area contributed by atoms with Gasteiger partial charge in [-0.15, -0.1) is 0 Å². The second kappa shape index (κ2) is 6.47. The Hall–Kier alpha value is -1.26. The molecule has 1 aromatic rings. The van der Waals surface area contributed by atoms with Gasteiger partial charge in [0.2, 0.25) is 5.91 Å². The summed E-state index contributed by atoms with van der Waals surface area (Å²) in [7, 11) is 1.58. The molecule has 0 unspecified atom stereocenters. The maximum Gasteiger partial charge on any atom is 0.224 e. The molecular weight excluding hydrogens is 240 g/mol. The third-order valence-electron chi connectivity index (χ3n) is 2.34. The first kappa shape index (κ1) is 13.8. The molecule has 4 nitrogen and oxygen atoms in total. The van der Waals surface area contributed by atoms with Crippen LogP contribution in [0.1, 0.15) is 11.1 Å². The molecule has 1 aromatic carbocycles. The number of amides is 1. The maximum absolute atomic E-state index is 11.6. The van der Waals surface area contributed by atoms with E-state index in [2.05, 4.69) is 5.32 Å². The smallest absolute Gasteiger partial charge is 0.224 e. The number of aryl methyl sites for hydroxylation is 1. The Morgan fingerprint density at radius 1 is 1.53 bits per heavy atom. The van der Waals surface area contributed by atoms with Crippen molar-refractivity contribution < 1.29 is 9.53 Å². The summed E-state index contributed by atoms with van der Waals surface area (Å²) < 4.78 is 5.27. The molecule has 0 aromatic heterocycles. The molecule has 0 saturated heterocycles. The van der Waals surface area contributed by atoms with Gasteiger partial charge in [0.1, 0.15) is 5.75 Å². The van der Waals surface area contributed by atoms with E-state index in [0.29, 0.717) is 23.9 Å². The summed E-state index contributed by atoms with van der Waals surface area (Å²) in [6, 6.07) is 3.55. The standard InChI is InChI=1S/C12H17ClN2O2/c1-8-5-10(13)6-9(12(8)17-2)7-11(16)15-4-3-14/h5-6H,3-4,7,14H2,1-2H3,(H,15,16). The summed E-state index contributed by atoms with van der Waals surface area (Å²) in [6.07, 6.45) is 0.241. The number of halogens is 1. The molecule has 0 atom stereocenters. The first-order chi connectivity index (χ1) is 8.08. The Balaban J connectivity index is 2.85. The van der Waals surface area contributed by atoms with Crippen molar-refractivity contribution in [3.63, 3.8) is 0 Å². The van der Waals surface area contributed by atoms with Gasteiger partial charge < -0.3 is 15.8 Å². The fraction of sp³-hybridized carbons (Fsp3) is 0.417. The second-order valence-electron chi connectivity index (χ2n) is 3.73. The van der Waals surface area contributed by atoms with E-state index < -0.39 is 0 Å². The normalized spacial score (nSPS) is 10.1. The molecule has 0 spiro atoms. The highest BCUT2D eigenvalue weighted by Gasteiger charge is 2.11. The maximum atomic E-state index is 11.6. The molecular formula is C12H17ClN2O2. The van der Waals surface area contributed by atoms with E-state index in [-0.39, 0.29) is 12.3 Å². The van der Waals surface area contributed by atoms with Crippen molar-refractivity contribution in [3.05, 3.63) is 28.3 Å². The molecule has 17 heavy (non-hydrogen) atoms. The van der Waals surface area contributed by atoms with Crippen LogP contribution in [0.5, 0.6) is 5.75 Å². The van der Waals surface area contributed by atoms with Crippen molar-refractivity contribution in [2.75, 3.05) is 20.2 Å². The zero-order chi connectivity index (χ0) is 12.8. The molecule has 5 heteroatoms. The lowest BCUT2D eigenvalue weighted by Gasteiger charge is -2.12. The molecule has 0 heterocycles. The third kappa shape index (κ3) is 3.91. The number of methoxy groups -OCH3 is 1. The van der Waals surface area contributed by atoms with Crippen molar-refractivity contribution in [3.8, 4) is 5.75 Å². The van der Waals surface area contributed by atoms with Crippen LogP contribution >= 0.6 is 11.6 Å². The quantitative estimate of drug-likeness (QED) is 0.834. The van der Waals surface area contributed by atoms with Gasteiger partial charge in [0, 0.05) is 23.7 Å². The Bertz CT molecular complexity index is 408. The van der Waals surface area contributed by atoms with Crippen molar-refractivity contribution >= 4 is 17.5 Å². The van der Waals surface area contributed by atoms with Crippen LogP contribution < -0.4 is 15.8 Å². The van der Waals surface area contributed by atoms with E-state index in [1.54, 1.807) is 13.2 Å². The number of rotatable bonds is 5. The lowest BCUT2D eigenvalue weighted by atomic mass is 10.1. The van der Waals surface area contributed by atoms with Crippen LogP contribution in [0, 0.1) is 6.92 Å². The van der Waals surface area contributed by atoms with Crippen molar-refractivity contribution in [2.24, 2.45) is 5.73 Å². The minimum Gasteiger partial charge on any atom is -0.496 e.